The molecule has 208 valence electrons. The third kappa shape index (κ3) is 6.27. The van der Waals surface area contributed by atoms with Crippen LogP contribution in [0.1, 0.15) is 36.0 Å². The van der Waals surface area contributed by atoms with Crippen LogP contribution < -0.4 is 4.90 Å². The maximum atomic E-state index is 12.8. The summed E-state index contributed by atoms with van der Waals surface area (Å²) in [5, 5.41) is 0. The van der Waals surface area contributed by atoms with Crippen LogP contribution in [0.3, 0.4) is 0 Å². The van der Waals surface area contributed by atoms with Gasteiger partial charge in [-0.1, -0.05) is 12.1 Å². The lowest BCUT2D eigenvalue weighted by molar-refractivity contribution is -0.0625. The van der Waals surface area contributed by atoms with Crippen molar-refractivity contribution in [2.75, 3.05) is 70.7 Å². The highest BCUT2D eigenvalue weighted by atomic mass is 16.5. The zero-order chi connectivity index (χ0) is 26.4. The number of benzene rings is 1. The topological polar surface area (TPSA) is 77.8 Å². The average Bonchev–Trinajstić information content (AvgIpc) is 3.44. The quantitative estimate of drug-likeness (QED) is 0.408. The molecule has 9 nitrogen and oxygen atoms in total. The van der Waals surface area contributed by atoms with E-state index in [0.717, 1.165) is 74.6 Å². The van der Waals surface area contributed by atoms with Crippen LogP contribution in [-0.2, 0) is 18.9 Å². The van der Waals surface area contributed by atoms with Gasteiger partial charge >= 0.3 is 0 Å². The lowest BCUT2D eigenvalue weighted by atomic mass is 10.0. The Hall–Kier alpha value is -2.98. The second-order valence-electron chi connectivity index (χ2n) is 10.5. The van der Waals surface area contributed by atoms with Crippen LogP contribution >= 0.6 is 0 Å². The fourth-order valence-corrected chi connectivity index (χ4v) is 5.66. The Morgan fingerprint density at radius 3 is 2.21 bits per heavy atom. The molecule has 3 aliphatic rings. The molecule has 5 heterocycles. The molecule has 0 bridgehead atoms. The number of imidazole rings is 1. The number of carbonyl (C=O) groups is 1. The summed E-state index contributed by atoms with van der Waals surface area (Å²) < 4.78 is 25.0. The summed E-state index contributed by atoms with van der Waals surface area (Å²) in [6.07, 6.45) is 8.63. The number of anilines is 1. The smallest absolute Gasteiger partial charge is 0.254 e. The van der Waals surface area contributed by atoms with Crippen molar-refractivity contribution in [2.24, 2.45) is 0 Å². The molecule has 6 rings (SSSR count). The summed E-state index contributed by atoms with van der Waals surface area (Å²) in [4.78, 5) is 21.7. The van der Waals surface area contributed by atoms with E-state index in [9.17, 15) is 4.79 Å². The van der Waals surface area contributed by atoms with E-state index in [-0.39, 0.29) is 12.0 Å². The Morgan fingerprint density at radius 2 is 1.49 bits per heavy atom. The molecule has 0 radical (unpaired) electrons. The van der Waals surface area contributed by atoms with Crippen molar-refractivity contribution in [1.82, 2.24) is 14.3 Å². The number of rotatable bonds is 8. The van der Waals surface area contributed by atoms with Gasteiger partial charge in [-0.05, 0) is 61.1 Å². The second kappa shape index (κ2) is 12.5. The maximum absolute atomic E-state index is 12.8. The fraction of sp³-hybridized carbons (Fsp3) is 0.533. The molecule has 3 fully saturated rings. The van der Waals surface area contributed by atoms with Gasteiger partial charge in [-0.3, -0.25) is 9.20 Å². The molecule has 0 atom stereocenters. The predicted octanol–water partition coefficient (Wildman–Crippen LogP) is 3.65. The molecule has 0 N–H and O–H groups in total. The van der Waals surface area contributed by atoms with Crippen LogP contribution in [0.25, 0.3) is 16.8 Å². The Bertz CT molecular complexity index is 1230. The summed E-state index contributed by atoms with van der Waals surface area (Å²) >= 11 is 0. The van der Waals surface area contributed by atoms with Gasteiger partial charge in [0.1, 0.15) is 11.5 Å². The van der Waals surface area contributed by atoms with Crippen molar-refractivity contribution in [2.45, 2.75) is 37.9 Å². The molecule has 9 heteroatoms. The number of piperidine rings is 1. The molecule has 1 amide bonds. The number of ether oxygens (including phenoxy) is 4. The van der Waals surface area contributed by atoms with E-state index in [1.165, 1.54) is 0 Å². The van der Waals surface area contributed by atoms with Gasteiger partial charge in [-0.2, -0.15) is 0 Å². The van der Waals surface area contributed by atoms with Crippen molar-refractivity contribution < 1.29 is 23.7 Å². The molecule has 3 saturated heterocycles. The van der Waals surface area contributed by atoms with Crippen molar-refractivity contribution >= 4 is 17.4 Å². The molecular weight excluding hydrogens is 496 g/mol. The van der Waals surface area contributed by atoms with E-state index in [1.54, 1.807) is 0 Å². The second-order valence-corrected chi connectivity index (χ2v) is 10.5. The van der Waals surface area contributed by atoms with Gasteiger partial charge in [0, 0.05) is 51.2 Å². The SMILES string of the molecule is O=C(c1ccc(-c2ccn3c(N4CCC(OCCOC5CCOCC5)CC4)cnc3c2)cc1)N1CCOCC1. The zero-order valence-electron chi connectivity index (χ0n) is 22.5. The number of fused-ring (bicyclic) bond motifs is 1. The van der Waals surface area contributed by atoms with Crippen molar-refractivity contribution in [1.29, 1.82) is 0 Å². The zero-order valence-corrected chi connectivity index (χ0v) is 22.5. The first-order chi connectivity index (χ1) is 19.2. The van der Waals surface area contributed by atoms with Crippen LogP contribution in [-0.4, -0.2) is 98.2 Å². The van der Waals surface area contributed by atoms with Crippen molar-refractivity contribution in [3.63, 3.8) is 0 Å². The first kappa shape index (κ1) is 26.3. The molecule has 0 saturated carbocycles. The van der Waals surface area contributed by atoms with E-state index in [2.05, 4.69) is 27.6 Å². The van der Waals surface area contributed by atoms with Crippen molar-refractivity contribution in [3.05, 3.63) is 54.4 Å². The minimum Gasteiger partial charge on any atom is -0.381 e. The van der Waals surface area contributed by atoms with Gasteiger partial charge in [0.15, 0.2) is 0 Å². The molecular formula is C30H38N4O5. The normalized spacial score (nSPS) is 19.6. The Balaban J connectivity index is 1.02. The number of aromatic nitrogens is 2. The number of hydrogen-bond acceptors (Lipinski definition) is 7. The summed E-state index contributed by atoms with van der Waals surface area (Å²) in [5.41, 5.74) is 3.78. The number of nitrogens with zero attached hydrogens (tertiary/aromatic N) is 4. The standard InChI is InChI=1S/C30H38N4O5/c35-30(33-13-17-37-18-14-33)24-3-1-23(2-4-24)25-5-12-34-28(21-25)31-22-29(34)32-10-6-26(7-11-32)38-19-20-39-27-8-15-36-16-9-27/h1-5,12,21-22,26-27H,6-11,13-20H2. The van der Waals surface area contributed by atoms with E-state index in [0.29, 0.717) is 51.2 Å². The summed E-state index contributed by atoms with van der Waals surface area (Å²) in [7, 11) is 0. The van der Waals surface area contributed by atoms with E-state index < -0.39 is 0 Å². The van der Waals surface area contributed by atoms with E-state index in [4.69, 9.17) is 23.9 Å². The number of carbonyl (C=O) groups excluding carboxylic acids is 1. The largest absolute Gasteiger partial charge is 0.381 e. The molecule has 0 aliphatic carbocycles. The fourth-order valence-electron chi connectivity index (χ4n) is 5.66. The highest BCUT2D eigenvalue weighted by Crippen LogP contribution is 2.27. The van der Waals surface area contributed by atoms with Crippen molar-refractivity contribution in [3.8, 4) is 11.1 Å². The number of pyridine rings is 1. The lowest BCUT2D eigenvalue weighted by Crippen LogP contribution is -2.40. The van der Waals surface area contributed by atoms with E-state index >= 15 is 0 Å². The highest BCUT2D eigenvalue weighted by molar-refractivity contribution is 5.94. The third-order valence-corrected chi connectivity index (χ3v) is 7.98. The predicted molar refractivity (Wildman–Crippen MR) is 148 cm³/mol. The molecule has 0 unspecified atom stereocenters. The van der Waals surface area contributed by atoms with Gasteiger partial charge in [0.25, 0.3) is 5.91 Å². The summed E-state index contributed by atoms with van der Waals surface area (Å²) in [5.74, 6) is 1.18. The Labute approximate surface area is 229 Å². The van der Waals surface area contributed by atoms with Gasteiger partial charge in [0.05, 0.1) is 44.8 Å². The van der Waals surface area contributed by atoms with Gasteiger partial charge < -0.3 is 28.7 Å². The van der Waals surface area contributed by atoms with Gasteiger partial charge in [-0.15, -0.1) is 0 Å². The molecule has 2 aromatic heterocycles. The van der Waals surface area contributed by atoms with Crippen LogP contribution in [0.15, 0.2) is 48.8 Å². The first-order valence-corrected chi connectivity index (χ1v) is 14.2. The molecule has 3 aromatic rings. The van der Waals surface area contributed by atoms with E-state index in [1.807, 2.05) is 35.4 Å². The minimum absolute atomic E-state index is 0.0655. The highest BCUT2D eigenvalue weighted by Gasteiger charge is 2.23. The molecule has 0 spiro atoms. The van der Waals surface area contributed by atoms with Crippen LogP contribution in [0, 0.1) is 0 Å². The maximum Gasteiger partial charge on any atom is 0.254 e. The number of hydrogen-bond donors (Lipinski definition) is 0. The third-order valence-electron chi connectivity index (χ3n) is 7.98. The van der Waals surface area contributed by atoms with Gasteiger partial charge in [-0.25, -0.2) is 4.98 Å². The number of morpholine rings is 1. The molecule has 3 aliphatic heterocycles. The van der Waals surface area contributed by atoms with Crippen LogP contribution in [0.4, 0.5) is 5.82 Å². The Kier molecular flexibility index (Phi) is 8.39. The molecule has 39 heavy (non-hydrogen) atoms. The summed E-state index contributed by atoms with van der Waals surface area (Å²) in [6.45, 7) is 7.32. The summed E-state index contributed by atoms with van der Waals surface area (Å²) in [6, 6.07) is 12.1. The molecule has 1 aromatic carbocycles. The lowest BCUT2D eigenvalue weighted by Gasteiger charge is -2.33. The van der Waals surface area contributed by atoms with Gasteiger partial charge in [0.2, 0.25) is 0 Å². The van der Waals surface area contributed by atoms with Crippen LogP contribution in [0.2, 0.25) is 0 Å². The Morgan fingerprint density at radius 1 is 0.821 bits per heavy atom. The monoisotopic (exact) mass is 534 g/mol. The first-order valence-electron chi connectivity index (χ1n) is 14.2. The number of amides is 1. The minimum atomic E-state index is 0.0655. The average molecular weight is 535 g/mol. The van der Waals surface area contributed by atoms with Crippen LogP contribution in [0.5, 0.6) is 0 Å².